The molecule has 2 nitrogen and oxygen atoms in total. The molecular weight excluding hydrogens is 312 g/mol. The summed E-state index contributed by atoms with van der Waals surface area (Å²) >= 11 is 6.79. The van der Waals surface area contributed by atoms with Crippen molar-refractivity contribution < 1.29 is 9.90 Å². The second-order valence-corrected chi connectivity index (χ2v) is 4.37. The summed E-state index contributed by atoms with van der Waals surface area (Å²) in [4.78, 5) is 10.4. The topological polar surface area (TPSA) is 37.3 Å². The highest BCUT2D eigenvalue weighted by atomic mass is 79.9. The minimum absolute atomic E-state index is 0.173. The van der Waals surface area contributed by atoms with Gasteiger partial charge in [-0.15, -0.1) is 0 Å². The molecule has 14 heavy (non-hydrogen) atoms. The second kappa shape index (κ2) is 5.51. The lowest BCUT2D eigenvalue weighted by Gasteiger charge is -2.04. The molecule has 0 aliphatic carbocycles. The Balaban J connectivity index is 2.73. The van der Waals surface area contributed by atoms with E-state index in [2.05, 4.69) is 31.9 Å². The van der Waals surface area contributed by atoms with E-state index in [9.17, 15) is 4.79 Å². The molecule has 0 saturated heterocycles. The van der Waals surface area contributed by atoms with Gasteiger partial charge in [0.15, 0.2) is 0 Å². The van der Waals surface area contributed by atoms with E-state index < -0.39 is 5.97 Å². The number of benzene rings is 1. The van der Waals surface area contributed by atoms with Gasteiger partial charge in [-0.1, -0.05) is 44.0 Å². The quantitative estimate of drug-likeness (QED) is 0.863. The maximum Gasteiger partial charge on any atom is 0.303 e. The van der Waals surface area contributed by atoms with Gasteiger partial charge in [-0.3, -0.25) is 4.79 Å². The number of hydrogen-bond acceptors (Lipinski definition) is 1. The lowest BCUT2D eigenvalue weighted by Crippen LogP contribution is -1.98. The molecule has 1 aromatic rings. The summed E-state index contributed by atoms with van der Waals surface area (Å²) in [6.07, 6.45) is 0.741. The summed E-state index contributed by atoms with van der Waals surface area (Å²) in [5.74, 6) is -0.763. The zero-order valence-corrected chi connectivity index (χ0v) is 10.6. The van der Waals surface area contributed by atoms with Crippen molar-refractivity contribution in [1.29, 1.82) is 0 Å². The Bertz CT molecular complexity index is 337. The van der Waals surface area contributed by atoms with Crippen LogP contribution in [0.25, 0.3) is 0 Å². The van der Waals surface area contributed by atoms with Crippen LogP contribution in [-0.2, 0) is 16.5 Å². The minimum atomic E-state index is -0.763. The molecular formula is C10H10Br2O2. The number of rotatable bonds is 4. The van der Waals surface area contributed by atoms with Crippen LogP contribution in [0.4, 0.5) is 0 Å². The van der Waals surface area contributed by atoms with Gasteiger partial charge in [-0.25, -0.2) is 0 Å². The van der Waals surface area contributed by atoms with E-state index in [4.69, 9.17) is 5.11 Å². The number of carboxylic acids is 1. The summed E-state index contributed by atoms with van der Waals surface area (Å²) in [6, 6.07) is 5.96. The van der Waals surface area contributed by atoms with Crippen molar-refractivity contribution in [2.45, 2.75) is 18.2 Å². The molecule has 0 saturated carbocycles. The first-order valence-corrected chi connectivity index (χ1v) is 6.10. The second-order valence-electron chi connectivity index (χ2n) is 2.95. The summed E-state index contributed by atoms with van der Waals surface area (Å²) in [5, 5.41) is 9.35. The molecule has 0 atom stereocenters. The van der Waals surface area contributed by atoms with E-state index in [1.54, 1.807) is 0 Å². The van der Waals surface area contributed by atoms with Gasteiger partial charge in [0.25, 0.3) is 0 Å². The number of hydrogen-bond donors (Lipinski definition) is 1. The first-order chi connectivity index (χ1) is 6.63. The van der Waals surface area contributed by atoms with E-state index in [0.717, 1.165) is 15.4 Å². The SMILES string of the molecule is O=C(O)CCc1ccc(CBr)cc1Br. The average molecular weight is 322 g/mol. The van der Waals surface area contributed by atoms with Gasteiger partial charge < -0.3 is 5.11 Å². The largest absolute Gasteiger partial charge is 0.481 e. The molecule has 0 aromatic heterocycles. The Morgan fingerprint density at radius 2 is 2.14 bits per heavy atom. The third-order valence-corrected chi connectivity index (χ3v) is 3.27. The van der Waals surface area contributed by atoms with Crippen molar-refractivity contribution in [2.75, 3.05) is 0 Å². The summed E-state index contributed by atoms with van der Waals surface area (Å²) in [7, 11) is 0. The van der Waals surface area contributed by atoms with E-state index in [1.807, 2.05) is 18.2 Å². The molecule has 0 bridgehead atoms. The molecule has 1 N–H and O–H groups in total. The van der Waals surface area contributed by atoms with E-state index in [-0.39, 0.29) is 6.42 Å². The van der Waals surface area contributed by atoms with Crippen LogP contribution in [0.3, 0.4) is 0 Å². The lowest BCUT2D eigenvalue weighted by molar-refractivity contribution is -0.136. The zero-order chi connectivity index (χ0) is 10.6. The number of aliphatic carboxylic acids is 1. The molecule has 76 valence electrons. The maximum absolute atomic E-state index is 10.4. The van der Waals surface area contributed by atoms with Crippen molar-refractivity contribution in [1.82, 2.24) is 0 Å². The summed E-state index contributed by atoms with van der Waals surface area (Å²) in [6.45, 7) is 0. The van der Waals surface area contributed by atoms with Gasteiger partial charge in [-0.2, -0.15) is 0 Å². The van der Waals surface area contributed by atoms with Crippen LogP contribution in [-0.4, -0.2) is 11.1 Å². The fourth-order valence-electron chi connectivity index (χ4n) is 1.12. The molecule has 1 rings (SSSR count). The van der Waals surface area contributed by atoms with Crippen molar-refractivity contribution >= 4 is 37.8 Å². The zero-order valence-electron chi connectivity index (χ0n) is 7.46. The van der Waals surface area contributed by atoms with Gasteiger partial charge >= 0.3 is 5.97 Å². The first kappa shape index (κ1) is 11.7. The highest BCUT2D eigenvalue weighted by Crippen LogP contribution is 2.21. The molecule has 0 heterocycles. The number of aryl methyl sites for hydroxylation is 1. The van der Waals surface area contributed by atoms with Crippen LogP contribution in [0.2, 0.25) is 0 Å². The highest BCUT2D eigenvalue weighted by Gasteiger charge is 2.03. The van der Waals surface area contributed by atoms with Gasteiger partial charge in [0, 0.05) is 16.2 Å². The van der Waals surface area contributed by atoms with E-state index >= 15 is 0 Å². The third-order valence-electron chi connectivity index (χ3n) is 1.88. The van der Waals surface area contributed by atoms with E-state index in [1.165, 1.54) is 5.56 Å². The predicted molar refractivity (Wildman–Crippen MR) is 62.7 cm³/mol. The first-order valence-electron chi connectivity index (χ1n) is 4.18. The molecule has 0 aliphatic heterocycles. The molecule has 0 radical (unpaired) electrons. The molecule has 4 heteroatoms. The highest BCUT2D eigenvalue weighted by molar-refractivity contribution is 9.10. The number of halogens is 2. The van der Waals surface area contributed by atoms with Gasteiger partial charge in [0.05, 0.1) is 0 Å². The van der Waals surface area contributed by atoms with Crippen molar-refractivity contribution in [3.8, 4) is 0 Å². The lowest BCUT2D eigenvalue weighted by atomic mass is 10.1. The fraction of sp³-hybridized carbons (Fsp3) is 0.300. The standard InChI is InChI=1S/C10H10Br2O2/c11-6-7-1-2-8(9(12)5-7)3-4-10(13)14/h1-2,5H,3-4,6H2,(H,13,14). The molecule has 0 spiro atoms. The minimum Gasteiger partial charge on any atom is -0.481 e. The number of carbonyl (C=O) groups is 1. The van der Waals surface area contributed by atoms with Gasteiger partial charge in [-0.05, 0) is 23.6 Å². The predicted octanol–water partition coefficient (Wildman–Crippen LogP) is 3.36. The Morgan fingerprint density at radius 3 is 2.64 bits per heavy atom. The molecule has 0 fully saturated rings. The van der Waals surface area contributed by atoms with Crippen LogP contribution in [0, 0.1) is 0 Å². The number of alkyl halides is 1. The van der Waals surface area contributed by atoms with Gasteiger partial charge in [0.2, 0.25) is 0 Å². The summed E-state index contributed by atoms with van der Waals surface area (Å²) in [5.41, 5.74) is 2.22. The molecule has 0 aliphatic rings. The van der Waals surface area contributed by atoms with Crippen LogP contribution in [0.15, 0.2) is 22.7 Å². The average Bonchev–Trinajstić information content (AvgIpc) is 2.15. The van der Waals surface area contributed by atoms with Crippen molar-refractivity contribution in [3.05, 3.63) is 33.8 Å². The Morgan fingerprint density at radius 1 is 1.43 bits per heavy atom. The normalized spacial score (nSPS) is 10.1. The maximum atomic E-state index is 10.4. The molecule has 0 unspecified atom stereocenters. The third kappa shape index (κ3) is 3.42. The monoisotopic (exact) mass is 320 g/mol. The van der Waals surface area contributed by atoms with Crippen LogP contribution in [0.1, 0.15) is 17.5 Å². The van der Waals surface area contributed by atoms with Gasteiger partial charge in [0.1, 0.15) is 0 Å². The van der Waals surface area contributed by atoms with E-state index in [0.29, 0.717) is 6.42 Å². The Kier molecular flexibility index (Phi) is 4.62. The van der Waals surface area contributed by atoms with Crippen LogP contribution in [0.5, 0.6) is 0 Å². The molecule has 0 amide bonds. The Labute approximate surface area is 99.6 Å². The molecule has 1 aromatic carbocycles. The number of carboxylic acid groups (broad SMARTS) is 1. The Hall–Kier alpha value is -0.350. The smallest absolute Gasteiger partial charge is 0.303 e. The summed E-state index contributed by atoms with van der Waals surface area (Å²) < 4.78 is 0.982. The van der Waals surface area contributed by atoms with Crippen molar-refractivity contribution in [3.63, 3.8) is 0 Å². The fourth-order valence-corrected chi connectivity index (χ4v) is 2.09. The van der Waals surface area contributed by atoms with Crippen LogP contribution >= 0.6 is 31.9 Å². The van der Waals surface area contributed by atoms with Crippen molar-refractivity contribution in [2.24, 2.45) is 0 Å². The van der Waals surface area contributed by atoms with Crippen LogP contribution < -0.4 is 0 Å².